The van der Waals surface area contributed by atoms with E-state index in [4.69, 9.17) is 5.14 Å². The molecule has 1 aromatic carbocycles. The standard InChI is InChI=1S/C9H8FNO2S2/c10-7-2-1-6-3-8(5-15(11,12)13)14-9(6)4-7/h1-4H,5H2,(H2,11,12,13). The van der Waals surface area contributed by atoms with Crippen molar-refractivity contribution in [1.82, 2.24) is 0 Å². The summed E-state index contributed by atoms with van der Waals surface area (Å²) in [7, 11) is -3.52. The zero-order valence-corrected chi connectivity index (χ0v) is 9.24. The zero-order chi connectivity index (χ0) is 11.1. The first-order valence-corrected chi connectivity index (χ1v) is 6.66. The fourth-order valence-corrected chi connectivity index (χ4v) is 3.42. The second-order valence-electron chi connectivity index (χ2n) is 3.20. The lowest BCUT2D eigenvalue weighted by atomic mass is 10.2. The summed E-state index contributed by atoms with van der Waals surface area (Å²) >= 11 is 1.24. The van der Waals surface area contributed by atoms with E-state index in [9.17, 15) is 12.8 Å². The van der Waals surface area contributed by atoms with Gasteiger partial charge in [-0.1, -0.05) is 6.07 Å². The monoisotopic (exact) mass is 245 g/mol. The van der Waals surface area contributed by atoms with Crippen LogP contribution in [0.15, 0.2) is 24.3 Å². The van der Waals surface area contributed by atoms with Crippen LogP contribution in [0.25, 0.3) is 10.1 Å². The Kier molecular flexibility index (Phi) is 2.49. The van der Waals surface area contributed by atoms with Crippen LogP contribution in [0.1, 0.15) is 4.88 Å². The number of nitrogens with two attached hydrogens (primary N) is 1. The highest BCUT2D eigenvalue weighted by atomic mass is 32.2. The molecule has 0 fully saturated rings. The van der Waals surface area contributed by atoms with Gasteiger partial charge in [0, 0.05) is 9.58 Å². The lowest BCUT2D eigenvalue weighted by Crippen LogP contribution is -2.13. The predicted molar refractivity (Wildman–Crippen MR) is 58.6 cm³/mol. The van der Waals surface area contributed by atoms with Gasteiger partial charge in [0.25, 0.3) is 0 Å². The van der Waals surface area contributed by atoms with Crippen LogP contribution in [-0.2, 0) is 15.8 Å². The Morgan fingerprint density at radius 3 is 2.73 bits per heavy atom. The van der Waals surface area contributed by atoms with Gasteiger partial charge in [0.2, 0.25) is 10.0 Å². The molecule has 0 saturated heterocycles. The molecule has 0 amide bonds. The largest absolute Gasteiger partial charge is 0.228 e. The second kappa shape index (κ2) is 3.55. The van der Waals surface area contributed by atoms with E-state index in [0.717, 1.165) is 10.1 Å². The third-order valence-corrected chi connectivity index (χ3v) is 3.87. The molecule has 0 radical (unpaired) electrons. The van der Waals surface area contributed by atoms with E-state index >= 15 is 0 Å². The van der Waals surface area contributed by atoms with E-state index in [1.807, 2.05) is 0 Å². The molecule has 0 bridgehead atoms. The maximum Gasteiger partial charge on any atom is 0.214 e. The van der Waals surface area contributed by atoms with E-state index in [0.29, 0.717) is 4.88 Å². The van der Waals surface area contributed by atoms with Gasteiger partial charge >= 0.3 is 0 Å². The molecule has 3 nitrogen and oxygen atoms in total. The molecule has 2 aromatic rings. The van der Waals surface area contributed by atoms with Gasteiger partial charge in [-0.2, -0.15) is 0 Å². The van der Waals surface area contributed by atoms with Crippen molar-refractivity contribution in [2.45, 2.75) is 5.75 Å². The summed E-state index contributed by atoms with van der Waals surface area (Å²) in [4.78, 5) is 0.623. The van der Waals surface area contributed by atoms with Crippen molar-refractivity contribution in [3.63, 3.8) is 0 Å². The van der Waals surface area contributed by atoms with Crippen molar-refractivity contribution in [2.75, 3.05) is 0 Å². The number of halogens is 1. The lowest BCUT2D eigenvalue weighted by Gasteiger charge is -1.91. The molecule has 6 heteroatoms. The molecule has 15 heavy (non-hydrogen) atoms. The normalized spacial score (nSPS) is 12.1. The van der Waals surface area contributed by atoms with Crippen molar-refractivity contribution in [3.05, 3.63) is 35.0 Å². The molecule has 80 valence electrons. The molecule has 1 heterocycles. The van der Waals surface area contributed by atoms with Crippen LogP contribution < -0.4 is 5.14 Å². The van der Waals surface area contributed by atoms with E-state index in [1.165, 1.54) is 23.5 Å². The first-order chi connectivity index (χ1) is 6.94. The molecular weight excluding hydrogens is 237 g/mol. The molecule has 1 aromatic heterocycles. The van der Waals surface area contributed by atoms with Gasteiger partial charge in [-0.25, -0.2) is 17.9 Å². The summed E-state index contributed by atoms with van der Waals surface area (Å²) in [5, 5.41) is 5.76. The number of primary sulfonamides is 1. The highest BCUT2D eigenvalue weighted by molar-refractivity contribution is 7.88. The fraction of sp³-hybridized carbons (Fsp3) is 0.111. The lowest BCUT2D eigenvalue weighted by molar-refractivity contribution is 0.597. The van der Waals surface area contributed by atoms with Crippen molar-refractivity contribution >= 4 is 31.4 Å². The van der Waals surface area contributed by atoms with Crippen LogP contribution in [0, 0.1) is 5.82 Å². The third-order valence-electron chi connectivity index (χ3n) is 1.88. The van der Waals surface area contributed by atoms with E-state index in [1.54, 1.807) is 12.1 Å². The van der Waals surface area contributed by atoms with E-state index in [-0.39, 0.29) is 11.6 Å². The van der Waals surface area contributed by atoms with Crippen LogP contribution in [0.4, 0.5) is 4.39 Å². The van der Waals surface area contributed by atoms with Gasteiger partial charge in [-0.15, -0.1) is 11.3 Å². The molecule has 0 aliphatic carbocycles. The average Bonchev–Trinajstić information content (AvgIpc) is 2.42. The Balaban J connectivity index is 2.48. The molecular formula is C9H8FNO2S2. The molecule has 0 spiro atoms. The van der Waals surface area contributed by atoms with E-state index in [2.05, 4.69) is 0 Å². The van der Waals surface area contributed by atoms with Crippen LogP contribution in [-0.4, -0.2) is 8.42 Å². The molecule has 2 N–H and O–H groups in total. The molecule has 0 unspecified atom stereocenters. The van der Waals surface area contributed by atoms with Gasteiger partial charge < -0.3 is 0 Å². The number of fused-ring (bicyclic) bond motifs is 1. The van der Waals surface area contributed by atoms with Gasteiger partial charge in [-0.05, 0) is 23.6 Å². The minimum Gasteiger partial charge on any atom is -0.228 e. The number of benzene rings is 1. The van der Waals surface area contributed by atoms with Crippen molar-refractivity contribution in [2.24, 2.45) is 5.14 Å². The topological polar surface area (TPSA) is 60.2 Å². The maximum absolute atomic E-state index is 12.8. The summed E-state index contributed by atoms with van der Waals surface area (Å²) in [6.07, 6.45) is 0. The number of thiophene rings is 1. The Morgan fingerprint density at radius 1 is 1.33 bits per heavy atom. The Morgan fingerprint density at radius 2 is 2.07 bits per heavy atom. The van der Waals surface area contributed by atoms with Crippen LogP contribution >= 0.6 is 11.3 Å². The van der Waals surface area contributed by atoms with Crippen molar-refractivity contribution < 1.29 is 12.8 Å². The maximum atomic E-state index is 12.8. The van der Waals surface area contributed by atoms with Crippen LogP contribution in [0.2, 0.25) is 0 Å². The quantitative estimate of drug-likeness (QED) is 0.877. The first kappa shape index (κ1) is 10.5. The van der Waals surface area contributed by atoms with Gasteiger partial charge in [0.15, 0.2) is 0 Å². The van der Waals surface area contributed by atoms with Gasteiger partial charge in [0.05, 0.1) is 5.75 Å². The van der Waals surface area contributed by atoms with Crippen LogP contribution in [0.5, 0.6) is 0 Å². The molecule has 0 aliphatic heterocycles. The molecule has 0 saturated carbocycles. The highest BCUT2D eigenvalue weighted by Gasteiger charge is 2.09. The summed E-state index contributed by atoms with van der Waals surface area (Å²) < 4.78 is 35.3. The summed E-state index contributed by atoms with van der Waals surface area (Å²) in [6, 6.07) is 6.06. The molecule has 2 rings (SSSR count). The highest BCUT2D eigenvalue weighted by Crippen LogP contribution is 2.27. The SMILES string of the molecule is NS(=O)(=O)Cc1cc2ccc(F)cc2s1. The fourth-order valence-electron chi connectivity index (χ4n) is 1.33. The Hall–Kier alpha value is -0.980. The van der Waals surface area contributed by atoms with Gasteiger partial charge in [0.1, 0.15) is 5.82 Å². The number of hydrogen-bond acceptors (Lipinski definition) is 3. The van der Waals surface area contributed by atoms with E-state index < -0.39 is 10.0 Å². The number of hydrogen-bond donors (Lipinski definition) is 1. The minimum absolute atomic E-state index is 0.200. The molecule has 0 aliphatic rings. The third kappa shape index (κ3) is 2.53. The number of rotatable bonds is 2. The summed E-state index contributed by atoms with van der Waals surface area (Å²) in [6.45, 7) is 0. The predicted octanol–water partition coefficient (Wildman–Crippen LogP) is 1.83. The Bertz CT molecular complexity index is 604. The van der Waals surface area contributed by atoms with Crippen LogP contribution in [0.3, 0.4) is 0 Å². The summed E-state index contributed by atoms with van der Waals surface area (Å²) in [5.74, 6) is -0.528. The van der Waals surface area contributed by atoms with Gasteiger partial charge in [-0.3, -0.25) is 0 Å². The van der Waals surface area contributed by atoms with Crippen molar-refractivity contribution in [1.29, 1.82) is 0 Å². The molecule has 0 atom stereocenters. The smallest absolute Gasteiger partial charge is 0.214 e. The zero-order valence-electron chi connectivity index (χ0n) is 7.60. The average molecular weight is 245 g/mol. The second-order valence-corrected chi connectivity index (χ2v) is 5.98. The summed E-state index contributed by atoms with van der Waals surface area (Å²) in [5.41, 5.74) is 0. The number of sulfonamides is 1. The van der Waals surface area contributed by atoms with Crippen molar-refractivity contribution in [3.8, 4) is 0 Å². The first-order valence-electron chi connectivity index (χ1n) is 4.12. The minimum atomic E-state index is -3.52. The Labute approximate surface area is 90.4 Å².